The molecule has 1 heterocycles. The molecule has 1 N–H and O–H groups in total. The van der Waals surface area contributed by atoms with Crippen molar-refractivity contribution >= 4 is 11.6 Å². The van der Waals surface area contributed by atoms with E-state index in [9.17, 15) is 0 Å². The highest BCUT2D eigenvalue weighted by Crippen LogP contribution is 2.19. The standard InChI is InChI=1S/C14H16ClN3/c1-10(2)16-9-14-17-7-12(8-18-14)11-3-5-13(15)6-4-11/h3-8,10,16H,9H2,1-2H3. The number of nitrogens with one attached hydrogen (secondary N) is 1. The van der Waals surface area contributed by atoms with Crippen molar-refractivity contribution in [1.29, 1.82) is 0 Å². The summed E-state index contributed by atoms with van der Waals surface area (Å²) >= 11 is 5.86. The van der Waals surface area contributed by atoms with Gasteiger partial charge in [0.1, 0.15) is 5.82 Å². The van der Waals surface area contributed by atoms with Crippen molar-refractivity contribution in [3.05, 3.63) is 47.5 Å². The molecule has 0 fully saturated rings. The first-order chi connectivity index (χ1) is 8.65. The molecule has 18 heavy (non-hydrogen) atoms. The monoisotopic (exact) mass is 261 g/mol. The van der Waals surface area contributed by atoms with Gasteiger partial charge in [-0.1, -0.05) is 37.6 Å². The molecule has 0 atom stereocenters. The zero-order valence-corrected chi connectivity index (χ0v) is 11.3. The molecule has 94 valence electrons. The first kappa shape index (κ1) is 13.0. The Morgan fingerprint density at radius 1 is 1.06 bits per heavy atom. The van der Waals surface area contributed by atoms with Crippen LogP contribution in [0.2, 0.25) is 5.02 Å². The molecular weight excluding hydrogens is 246 g/mol. The van der Waals surface area contributed by atoms with Gasteiger partial charge in [0.05, 0.1) is 6.54 Å². The lowest BCUT2D eigenvalue weighted by molar-refractivity contribution is 0.572. The van der Waals surface area contributed by atoms with Crippen LogP contribution in [0.3, 0.4) is 0 Å². The normalized spacial score (nSPS) is 10.9. The van der Waals surface area contributed by atoms with E-state index in [1.54, 1.807) is 0 Å². The van der Waals surface area contributed by atoms with Crippen LogP contribution in [-0.4, -0.2) is 16.0 Å². The molecule has 3 nitrogen and oxygen atoms in total. The number of halogens is 1. The zero-order chi connectivity index (χ0) is 13.0. The third kappa shape index (κ3) is 3.52. The molecule has 0 saturated heterocycles. The van der Waals surface area contributed by atoms with Gasteiger partial charge in [-0.2, -0.15) is 0 Å². The Hall–Kier alpha value is -1.45. The second-order valence-corrected chi connectivity index (χ2v) is 4.87. The fraction of sp³-hybridized carbons (Fsp3) is 0.286. The van der Waals surface area contributed by atoms with Crippen LogP contribution < -0.4 is 5.32 Å². The minimum Gasteiger partial charge on any atom is -0.308 e. The summed E-state index contributed by atoms with van der Waals surface area (Å²) in [5.41, 5.74) is 2.07. The number of nitrogens with zero attached hydrogens (tertiary/aromatic N) is 2. The maximum absolute atomic E-state index is 5.86. The maximum atomic E-state index is 5.86. The van der Waals surface area contributed by atoms with Crippen LogP contribution in [0, 0.1) is 0 Å². The lowest BCUT2D eigenvalue weighted by Crippen LogP contribution is -2.23. The number of hydrogen-bond donors (Lipinski definition) is 1. The average Bonchev–Trinajstić information content (AvgIpc) is 2.38. The first-order valence-electron chi connectivity index (χ1n) is 5.95. The van der Waals surface area contributed by atoms with Crippen LogP contribution in [0.25, 0.3) is 11.1 Å². The van der Waals surface area contributed by atoms with Gasteiger partial charge in [0.2, 0.25) is 0 Å². The van der Waals surface area contributed by atoms with Crippen molar-refractivity contribution in [2.24, 2.45) is 0 Å². The van der Waals surface area contributed by atoms with E-state index in [2.05, 4.69) is 29.1 Å². The van der Waals surface area contributed by atoms with E-state index in [1.807, 2.05) is 36.7 Å². The van der Waals surface area contributed by atoms with E-state index in [-0.39, 0.29) is 0 Å². The SMILES string of the molecule is CC(C)NCc1ncc(-c2ccc(Cl)cc2)cn1. The first-order valence-corrected chi connectivity index (χ1v) is 6.33. The smallest absolute Gasteiger partial charge is 0.141 e. The van der Waals surface area contributed by atoms with Gasteiger partial charge in [-0.15, -0.1) is 0 Å². The fourth-order valence-corrected chi connectivity index (χ4v) is 1.66. The van der Waals surface area contributed by atoms with E-state index >= 15 is 0 Å². The van der Waals surface area contributed by atoms with E-state index in [4.69, 9.17) is 11.6 Å². The van der Waals surface area contributed by atoms with Gasteiger partial charge >= 0.3 is 0 Å². The minimum atomic E-state index is 0.435. The molecule has 0 amide bonds. The highest BCUT2D eigenvalue weighted by molar-refractivity contribution is 6.30. The lowest BCUT2D eigenvalue weighted by atomic mass is 10.1. The molecule has 0 aliphatic heterocycles. The Morgan fingerprint density at radius 2 is 1.67 bits per heavy atom. The quantitative estimate of drug-likeness (QED) is 0.918. The number of rotatable bonds is 4. The summed E-state index contributed by atoms with van der Waals surface area (Å²) in [7, 11) is 0. The third-order valence-electron chi connectivity index (χ3n) is 2.55. The predicted octanol–water partition coefficient (Wildman–Crippen LogP) is 3.30. The Bertz CT molecular complexity index is 491. The van der Waals surface area contributed by atoms with E-state index in [0.717, 1.165) is 22.0 Å². The molecule has 0 spiro atoms. The molecule has 0 aliphatic carbocycles. The molecule has 0 aliphatic rings. The summed E-state index contributed by atoms with van der Waals surface area (Å²) in [6, 6.07) is 8.10. The Balaban J connectivity index is 2.09. The molecule has 0 unspecified atom stereocenters. The van der Waals surface area contributed by atoms with Crippen LogP contribution in [0.4, 0.5) is 0 Å². The second kappa shape index (κ2) is 5.94. The summed E-state index contributed by atoms with van der Waals surface area (Å²) in [6.45, 7) is 4.89. The predicted molar refractivity (Wildman–Crippen MR) is 74.5 cm³/mol. The Labute approximate surface area is 112 Å². The molecule has 0 bridgehead atoms. The maximum Gasteiger partial charge on any atom is 0.141 e. The summed E-state index contributed by atoms with van der Waals surface area (Å²) in [4.78, 5) is 8.69. The average molecular weight is 262 g/mol. The van der Waals surface area contributed by atoms with Gasteiger partial charge in [0, 0.05) is 29.0 Å². The summed E-state index contributed by atoms with van der Waals surface area (Å²) in [5, 5.41) is 4.02. The fourth-order valence-electron chi connectivity index (χ4n) is 1.53. The molecule has 1 aromatic carbocycles. The topological polar surface area (TPSA) is 37.8 Å². The van der Waals surface area contributed by atoms with Gasteiger partial charge in [-0.25, -0.2) is 9.97 Å². The zero-order valence-electron chi connectivity index (χ0n) is 10.5. The van der Waals surface area contributed by atoms with Gasteiger partial charge in [0.25, 0.3) is 0 Å². The van der Waals surface area contributed by atoms with Crippen molar-refractivity contribution < 1.29 is 0 Å². The van der Waals surface area contributed by atoms with Crippen LogP contribution >= 0.6 is 11.6 Å². The highest BCUT2D eigenvalue weighted by Gasteiger charge is 2.01. The minimum absolute atomic E-state index is 0.435. The molecule has 2 aromatic rings. The van der Waals surface area contributed by atoms with E-state index < -0.39 is 0 Å². The van der Waals surface area contributed by atoms with Gasteiger partial charge in [-0.05, 0) is 17.7 Å². The summed E-state index contributed by atoms with van der Waals surface area (Å²) in [5.74, 6) is 0.807. The number of hydrogen-bond acceptors (Lipinski definition) is 3. The van der Waals surface area contributed by atoms with Crippen LogP contribution in [0.15, 0.2) is 36.7 Å². The summed E-state index contributed by atoms with van der Waals surface area (Å²) < 4.78 is 0. The van der Waals surface area contributed by atoms with Crippen molar-refractivity contribution in [3.8, 4) is 11.1 Å². The summed E-state index contributed by atoms with van der Waals surface area (Å²) in [6.07, 6.45) is 3.68. The van der Waals surface area contributed by atoms with Gasteiger partial charge < -0.3 is 5.32 Å². The number of benzene rings is 1. The van der Waals surface area contributed by atoms with E-state index in [1.165, 1.54) is 0 Å². The van der Waals surface area contributed by atoms with E-state index in [0.29, 0.717) is 12.6 Å². The molecule has 4 heteroatoms. The molecule has 1 aromatic heterocycles. The molecular formula is C14H16ClN3. The largest absolute Gasteiger partial charge is 0.308 e. The van der Waals surface area contributed by atoms with Crippen molar-refractivity contribution in [2.75, 3.05) is 0 Å². The van der Waals surface area contributed by atoms with Crippen LogP contribution in [0.5, 0.6) is 0 Å². The number of aromatic nitrogens is 2. The third-order valence-corrected chi connectivity index (χ3v) is 2.80. The van der Waals surface area contributed by atoms with Crippen molar-refractivity contribution in [3.63, 3.8) is 0 Å². The molecule has 0 radical (unpaired) electrons. The molecule has 2 rings (SSSR count). The lowest BCUT2D eigenvalue weighted by Gasteiger charge is -2.07. The van der Waals surface area contributed by atoms with Gasteiger partial charge in [-0.3, -0.25) is 0 Å². The second-order valence-electron chi connectivity index (χ2n) is 4.43. The van der Waals surface area contributed by atoms with Crippen molar-refractivity contribution in [1.82, 2.24) is 15.3 Å². The highest BCUT2D eigenvalue weighted by atomic mass is 35.5. The van der Waals surface area contributed by atoms with Gasteiger partial charge in [0.15, 0.2) is 0 Å². The van der Waals surface area contributed by atoms with Crippen molar-refractivity contribution in [2.45, 2.75) is 26.4 Å². The van der Waals surface area contributed by atoms with Crippen LogP contribution in [0.1, 0.15) is 19.7 Å². The Morgan fingerprint density at radius 3 is 2.22 bits per heavy atom. The Kier molecular flexibility index (Phi) is 4.28. The molecule has 0 saturated carbocycles. The van der Waals surface area contributed by atoms with Crippen LogP contribution in [-0.2, 0) is 6.54 Å².